The van der Waals surface area contributed by atoms with Crippen molar-refractivity contribution in [1.29, 1.82) is 0 Å². The molecule has 2 aromatic heterocycles. The van der Waals surface area contributed by atoms with Gasteiger partial charge in [-0.2, -0.15) is 4.98 Å². The molecule has 22 heavy (non-hydrogen) atoms. The van der Waals surface area contributed by atoms with Gasteiger partial charge < -0.3 is 9.84 Å². The number of nitrogens with one attached hydrogen (secondary N) is 1. The standard InChI is InChI=1S/C16H23N3O2S/c1-10(2)15(12-6-5-9-22-12)17-13(20)7-8-14-18-16(11(3)4)19-21-14/h5-6,9-11,15H,7-8H2,1-4H3,(H,17,20)/t15-/m0/s1. The second-order valence-electron chi connectivity index (χ2n) is 6.01. The molecule has 0 fully saturated rings. The first-order valence-corrected chi connectivity index (χ1v) is 8.50. The molecule has 5 nitrogen and oxygen atoms in total. The fourth-order valence-electron chi connectivity index (χ4n) is 2.10. The van der Waals surface area contributed by atoms with Crippen LogP contribution in [0.3, 0.4) is 0 Å². The number of nitrogens with zero attached hydrogens (tertiary/aromatic N) is 2. The average Bonchev–Trinajstić information content (AvgIpc) is 3.13. The van der Waals surface area contributed by atoms with E-state index in [-0.39, 0.29) is 17.9 Å². The normalized spacial score (nSPS) is 12.8. The first-order chi connectivity index (χ1) is 10.5. The molecule has 1 N–H and O–H groups in total. The molecule has 0 spiro atoms. The summed E-state index contributed by atoms with van der Waals surface area (Å²) in [4.78, 5) is 17.6. The molecule has 0 radical (unpaired) electrons. The highest BCUT2D eigenvalue weighted by Gasteiger charge is 2.19. The highest BCUT2D eigenvalue weighted by molar-refractivity contribution is 7.10. The lowest BCUT2D eigenvalue weighted by atomic mass is 10.0. The maximum atomic E-state index is 12.2. The van der Waals surface area contributed by atoms with Crippen LogP contribution in [0.4, 0.5) is 0 Å². The number of rotatable bonds is 7. The van der Waals surface area contributed by atoms with E-state index in [9.17, 15) is 4.79 Å². The molecule has 0 aliphatic rings. The fraction of sp³-hybridized carbons (Fsp3) is 0.562. The van der Waals surface area contributed by atoms with Crippen LogP contribution in [0.15, 0.2) is 22.0 Å². The van der Waals surface area contributed by atoms with E-state index in [1.807, 2.05) is 25.3 Å². The summed E-state index contributed by atoms with van der Waals surface area (Å²) in [5.74, 6) is 1.80. The fourth-order valence-corrected chi connectivity index (χ4v) is 3.05. The second kappa shape index (κ2) is 7.54. The van der Waals surface area contributed by atoms with Crippen molar-refractivity contribution in [2.75, 3.05) is 0 Å². The number of thiophene rings is 1. The van der Waals surface area contributed by atoms with Crippen molar-refractivity contribution in [3.05, 3.63) is 34.1 Å². The van der Waals surface area contributed by atoms with Gasteiger partial charge in [-0.05, 0) is 17.4 Å². The Balaban J connectivity index is 1.88. The molecule has 120 valence electrons. The van der Waals surface area contributed by atoms with Crippen molar-refractivity contribution in [3.63, 3.8) is 0 Å². The van der Waals surface area contributed by atoms with Gasteiger partial charge in [0.05, 0.1) is 6.04 Å². The van der Waals surface area contributed by atoms with Crippen LogP contribution in [0.1, 0.15) is 62.7 Å². The van der Waals surface area contributed by atoms with Gasteiger partial charge in [0.2, 0.25) is 11.8 Å². The van der Waals surface area contributed by atoms with Crippen LogP contribution in [0, 0.1) is 5.92 Å². The van der Waals surface area contributed by atoms with Crippen LogP contribution in [-0.4, -0.2) is 16.0 Å². The monoisotopic (exact) mass is 321 g/mol. The molecule has 1 atom stereocenters. The summed E-state index contributed by atoms with van der Waals surface area (Å²) in [6.07, 6.45) is 0.829. The first kappa shape index (κ1) is 16.7. The number of hydrogen-bond donors (Lipinski definition) is 1. The van der Waals surface area contributed by atoms with Gasteiger partial charge >= 0.3 is 0 Å². The minimum Gasteiger partial charge on any atom is -0.348 e. The van der Waals surface area contributed by atoms with E-state index in [1.165, 1.54) is 4.88 Å². The smallest absolute Gasteiger partial charge is 0.227 e. The number of amides is 1. The molecule has 6 heteroatoms. The Morgan fingerprint density at radius 1 is 1.36 bits per heavy atom. The SMILES string of the molecule is CC(C)c1noc(CCC(=O)N[C@H](c2cccs2)C(C)C)n1. The van der Waals surface area contributed by atoms with Crippen LogP contribution >= 0.6 is 11.3 Å². The quantitative estimate of drug-likeness (QED) is 0.844. The molecular formula is C16H23N3O2S. The third-order valence-corrected chi connectivity index (χ3v) is 4.35. The number of carbonyl (C=O) groups excluding carboxylic acids is 1. The van der Waals surface area contributed by atoms with Gasteiger partial charge in [0.15, 0.2) is 5.82 Å². The molecule has 2 heterocycles. The van der Waals surface area contributed by atoms with E-state index in [1.54, 1.807) is 11.3 Å². The summed E-state index contributed by atoms with van der Waals surface area (Å²) >= 11 is 1.67. The van der Waals surface area contributed by atoms with Gasteiger partial charge in [-0.15, -0.1) is 11.3 Å². The second-order valence-corrected chi connectivity index (χ2v) is 6.98. The van der Waals surface area contributed by atoms with E-state index in [0.29, 0.717) is 30.5 Å². The predicted octanol–water partition coefficient (Wildman–Crippen LogP) is 3.70. The molecule has 0 aromatic carbocycles. The molecule has 1 amide bonds. The van der Waals surface area contributed by atoms with Crippen LogP contribution < -0.4 is 5.32 Å². The van der Waals surface area contributed by atoms with Crippen molar-refractivity contribution in [3.8, 4) is 0 Å². The minimum atomic E-state index is 0.0106. The van der Waals surface area contributed by atoms with Gasteiger partial charge in [-0.25, -0.2) is 0 Å². The maximum absolute atomic E-state index is 12.2. The number of aromatic nitrogens is 2. The van der Waals surface area contributed by atoms with Crippen LogP contribution in [0.2, 0.25) is 0 Å². The van der Waals surface area contributed by atoms with E-state index >= 15 is 0 Å². The van der Waals surface area contributed by atoms with Gasteiger partial charge in [0.1, 0.15) is 0 Å². The zero-order valence-corrected chi connectivity index (χ0v) is 14.3. The summed E-state index contributed by atoms with van der Waals surface area (Å²) in [5.41, 5.74) is 0. The van der Waals surface area contributed by atoms with Crippen LogP contribution in [-0.2, 0) is 11.2 Å². The molecular weight excluding hydrogens is 298 g/mol. The van der Waals surface area contributed by atoms with E-state index in [2.05, 4.69) is 35.4 Å². The minimum absolute atomic E-state index is 0.0106. The molecule has 0 unspecified atom stereocenters. The molecule has 2 aromatic rings. The summed E-state index contributed by atoms with van der Waals surface area (Å²) in [5, 5.41) is 9.04. The van der Waals surface area contributed by atoms with E-state index < -0.39 is 0 Å². The first-order valence-electron chi connectivity index (χ1n) is 7.62. The van der Waals surface area contributed by atoms with Gasteiger partial charge in [0.25, 0.3) is 0 Å². The summed E-state index contributed by atoms with van der Waals surface area (Å²) in [6, 6.07) is 4.12. The zero-order chi connectivity index (χ0) is 16.1. The van der Waals surface area contributed by atoms with Crippen LogP contribution in [0.25, 0.3) is 0 Å². The largest absolute Gasteiger partial charge is 0.348 e. The zero-order valence-electron chi connectivity index (χ0n) is 13.5. The molecule has 0 saturated heterocycles. The van der Waals surface area contributed by atoms with Crippen molar-refractivity contribution in [1.82, 2.24) is 15.5 Å². The Bertz CT molecular complexity index is 590. The lowest BCUT2D eigenvalue weighted by Gasteiger charge is -2.21. The Labute approximate surface area is 135 Å². The van der Waals surface area contributed by atoms with Gasteiger partial charge in [-0.3, -0.25) is 4.79 Å². The third kappa shape index (κ3) is 4.40. The Kier molecular flexibility index (Phi) is 5.71. The van der Waals surface area contributed by atoms with Gasteiger partial charge in [0, 0.05) is 23.6 Å². The van der Waals surface area contributed by atoms with Crippen molar-refractivity contribution in [2.24, 2.45) is 5.92 Å². The summed E-state index contributed by atoms with van der Waals surface area (Å²) in [7, 11) is 0. The molecule has 0 aliphatic heterocycles. The van der Waals surface area contributed by atoms with E-state index in [0.717, 1.165) is 0 Å². The maximum Gasteiger partial charge on any atom is 0.227 e. The lowest BCUT2D eigenvalue weighted by Crippen LogP contribution is -2.31. The lowest BCUT2D eigenvalue weighted by molar-refractivity contribution is -0.122. The highest BCUT2D eigenvalue weighted by atomic mass is 32.1. The Morgan fingerprint density at radius 3 is 2.68 bits per heavy atom. The van der Waals surface area contributed by atoms with Gasteiger partial charge in [-0.1, -0.05) is 38.9 Å². The number of carbonyl (C=O) groups is 1. The molecule has 2 rings (SSSR count). The summed E-state index contributed by atoms with van der Waals surface area (Å²) in [6.45, 7) is 8.24. The third-order valence-electron chi connectivity index (χ3n) is 3.40. The van der Waals surface area contributed by atoms with Crippen LogP contribution in [0.5, 0.6) is 0 Å². The Hall–Kier alpha value is -1.69. The van der Waals surface area contributed by atoms with Crippen molar-refractivity contribution in [2.45, 2.75) is 52.5 Å². The number of hydrogen-bond acceptors (Lipinski definition) is 5. The highest BCUT2D eigenvalue weighted by Crippen LogP contribution is 2.25. The van der Waals surface area contributed by atoms with Crippen molar-refractivity contribution < 1.29 is 9.32 Å². The number of aryl methyl sites for hydroxylation is 1. The topological polar surface area (TPSA) is 68.0 Å². The molecule has 0 aliphatic carbocycles. The molecule has 0 saturated carbocycles. The van der Waals surface area contributed by atoms with Crippen molar-refractivity contribution >= 4 is 17.2 Å². The Morgan fingerprint density at radius 2 is 2.14 bits per heavy atom. The average molecular weight is 321 g/mol. The van der Waals surface area contributed by atoms with E-state index in [4.69, 9.17) is 4.52 Å². The summed E-state index contributed by atoms with van der Waals surface area (Å²) < 4.78 is 5.16. The predicted molar refractivity (Wildman–Crippen MR) is 86.7 cm³/mol. The molecule has 0 bridgehead atoms.